The Bertz CT molecular complexity index is 993. The summed E-state index contributed by atoms with van der Waals surface area (Å²) in [6, 6.07) is -0.702. The molecule has 0 fully saturated rings. The lowest BCUT2D eigenvalue weighted by molar-refractivity contribution is -0.151. The fourth-order valence-electron chi connectivity index (χ4n) is 7.97. The van der Waals surface area contributed by atoms with Gasteiger partial charge in [-0.2, -0.15) is 0 Å². The van der Waals surface area contributed by atoms with E-state index in [1.165, 1.54) is 154 Å². The molecule has 6 nitrogen and oxygen atoms in total. The molecule has 3 unspecified atom stereocenters. The van der Waals surface area contributed by atoms with Gasteiger partial charge in [-0.25, -0.2) is 0 Å². The Morgan fingerprint density at radius 2 is 0.850 bits per heavy atom. The van der Waals surface area contributed by atoms with E-state index < -0.39 is 18.2 Å². The molecule has 60 heavy (non-hydrogen) atoms. The zero-order chi connectivity index (χ0) is 43.8. The molecule has 0 bridgehead atoms. The third-order valence-electron chi connectivity index (χ3n) is 12.0. The number of ether oxygens (including phenoxy) is 1. The minimum atomic E-state index is -0.788. The van der Waals surface area contributed by atoms with Gasteiger partial charge in [-0.1, -0.05) is 231 Å². The Balaban J connectivity index is 4.51. The number of amides is 1. The molecule has 352 valence electrons. The standard InChI is InChI=1S/C54H101NO5/c1-4-7-10-13-16-19-22-24-26-27-28-30-32-35-38-41-44-47-54(59)60-50(45-42-39-36-33-21-18-15-12-9-6-3)48-53(58)55-51(49-56)52(57)46-43-40-37-34-31-29-25-23-20-17-14-11-8-5-2/h16,19,24,26,28,30,50-52,56-57H,4-15,17-18,20-23,25,27,29,31-49H2,1-3H3,(H,55,58)/b19-16-,26-24-,30-28-. The molecule has 3 atom stereocenters. The van der Waals surface area contributed by atoms with Crippen molar-refractivity contribution in [3.8, 4) is 0 Å². The number of nitrogens with one attached hydrogen (secondary N) is 1. The number of aliphatic hydroxyl groups excluding tert-OH is 2. The molecule has 0 aromatic carbocycles. The molecule has 0 rings (SSSR count). The maximum atomic E-state index is 13.2. The van der Waals surface area contributed by atoms with E-state index in [2.05, 4.69) is 62.5 Å². The van der Waals surface area contributed by atoms with Crippen LogP contribution in [0.5, 0.6) is 0 Å². The van der Waals surface area contributed by atoms with Crippen LogP contribution >= 0.6 is 0 Å². The minimum Gasteiger partial charge on any atom is -0.462 e. The minimum absolute atomic E-state index is 0.0719. The van der Waals surface area contributed by atoms with E-state index in [1.54, 1.807) is 0 Å². The van der Waals surface area contributed by atoms with Gasteiger partial charge in [-0.15, -0.1) is 0 Å². The Hall–Kier alpha value is -1.92. The number of aliphatic hydroxyl groups is 2. The molecule has 0 spiro atoms. The van der Waals surface area contributed by atoms with E-state index >= 15 is 0 Å². The third kappa shape index (κ3) is 42.8. The first-order valence-corrected chi connectivity index (χ1v) is 26.2. The lowest BCUT2D eigenvalue weighted by Crippen LogP contribution is -2.46. The van der Waals surface area contributed by atoms with E-state index in [-0.39, 0.29) is 24.9 Å². The lowest BCUT2D eigenvalue weighted by atomic mass is 10.0. The van der Waals surface area contributed by atoms with Crippen molar-refractivity contribution in [2.24, 2.45) is 0 Å². The Morgan fingerprint density at radius 1 is 0.483 bits per heavy atom. The molecule has 0 aromatic rings. The van der Waals surface area contributed by atoms with Crippen LogP contribution < -0.4 is 5.32 Å². The molecular weight excluding hydrogens is 743 g/mol. The van der Waals surface area contributed by atoms with Crippen LogP contribution in [0.25, 0.3) is 0 Å². The molecule has 0 heterocycles. The third-order valence-corrected chi connectivity index (χ3v) is 12.0. The highest BCUT2D eigenvalue weighted by molar-refractivity contribution is 5.77. The average Bonchev–Trinajstić information content (AvgIpc) is 3.24. The number of rotatable bonds is 47. The molecule has 0 aromatic heterocycles. The Kier molecular flexibility index (Phi) is 46.6. The Labute approximate surface area is 373 Å². The molecule has 0 aliphatic rings. The van der Waals surface area contributed by atoms with Gasteiger partial charge in [0.1, 0.15) is 6.10 Å². The number of carbonyl (C=O) groups is 2. The van der Waals surface area contributed by atoms with Crippen molar-refractivity contribution in [3.63, 3.8) is 0 Å². The summed E-state index contributed by atoms with van der Waals surface area (Å²) in [6.07, 6.45) is 56.3. The van der Waals surface area contributed by atoms with Crippen molar-refractivity contribution in [1.82, 2.24) is 5.32 Å². The number of allylic oxidation sites excluding steroid dienone is 6. The highest BCUT2D eigenvalue weighted by Crippen LogP contribution is 2.18. The van der Waals surface area contributed by atoms with Crippen LogP contribution in [-0.4, -0.2) is 46.9 Å². The molecule has 0 saturated heterocycles. The van der Waals surface area contributed by atoms with Gasteiger partial charge in [0.2, 0.25) is 5.91 Å². The first-order chi connectivity index (χ1) is 29.5. The highest BCUT2D eigenvalue weighted by atomic mass is 16.5. The maximum absolute atomic E-state index is 13.2. The summed E-state index contributed by atoms with van der Waals surface area (Å²) in [5, 5.41) is 23.8. The number of hydrogen-bond donors (Lipinski definition) is 3. The summed E-state index contributed by atoms with van der Waals surface area (Å²) in [5.41, 5.74) is 0. The summed E-state index contributed by atoms with van der Waals surface area (Å²) in [4.78, 5) is 26.1. The molecule has 3 N–H and O–H groups in total. The second-order valence-electron chi connectivity index (χ2n) is 17.9. The number of carbonyl (C=O) groups excluding carboxylic acids is 2. The topological polar surface area (TPSA) is 95.9 Å². The van der Waals surface area contributed by atoms with Gasteiger partial charge in [0.15, 0.2) is 0 Å². The van der Waals surface area contributed by atoms with E-state index in [0.717, 1.165) is 70.6 Å². The van der Waals surface area contributed by atoms with Crippen LogP contribution in [0.4, 0.5) is 0 Å². The smallest absolute Gasteiger partial charge is 0.306 e. The average molecular weight is 844 g/mol. The first kappa shape index (κ1) is 58.1. The first-order valence-electron chi connectivity index (χ1n) is 26.2. The van der Waals surface area contributed by atoms with Gasteiger partial charge in [-0.3, -0.25) is 9.59 Å². The van der Waals surface area contributed by atoms with E-state index in [9.17, 15) is 19.8 Å². The number of esters is 1. The normalized spacial score (nSPS) is 13.5. The monoisotopic (exact) mass is 844 g/mol. The van der Waals surface area contributed by atoms with Crippen LogP contribution in [-0.2, 0) is 14.3 Å². The molecule has 0 radical (unpaired) electrons. The molecule has 0 saturated carbocycles. The van der Waals surface area contributed by atoms with Crippen molar-refractivity contribution in [2.45, 2.75) is 289 Å². The number of unbranched alkanes of at least 4 members (excludes halogenated alkanes) is 29. The second-order valence-corrected chi connectivity index (χ2v) is 17.9. The molecule has 6 heteroatoms. The van der Waals surface area contributed by atoms with Crippen LogP contribution in [0.15, 0.2) is 36.5 Å². The van der Waals surface area contributed by atoms with Gasteiger partial charge in [-0.05, 0) is 64.2 Å². The second kappa shape index (κ2) is 48.1. The van der Waals surface area contributed by atoms with Crippen molar-refractivity contribution >= 4 is 11.9 Å². The van der Waals surface area contributed by atoms with Crippen LogP contribution in [0.3, 0.4) is 0 Å². The maximum Gasteiger partial charge on any atom is 0.306 e. The summed E-state index contributed by atoms with van der Waals surface area (Å²) >= 11 is 0. The van der Waals surface area contributed by atoms with E-state index in [4.69, 9.17) is 4.74 Å². The quantitative estimate of drug-likeness (QED) is 0.0322. The fraction of sp³-hybridized carbons (Fsp3) is 0.852. The van der Waals surface area contributed by atoms with Gasteiger partial charge in [0, 0.05) is 6.42 Å². The number of hydrogen-bond acceptors (Lipinski definition) is 5. The van der Waals surface area contributed by atoms with E-state index in [0.29, 0.717) is 19.3 Å². The van der Waals surface area contributed by atoms with Crippen molar-refractivity contribution in [2.75, 3.05) is 6.61 Å². The Morgan fingerprint density at radius 3 is 1.32 bits per heavy atom. The summed E-state index contributed by atoms with van der Waals surface area (Å²) in [6.45, 7) is 6.46. The van der Waals surface area contributed by atoms with Gasteiger partial charge in [0.05, 0.1) is 25.2 Å². The molecular formula is C54H101NO5. The van der Waals surface area contributed by atoms with Gasteiger partial charge < -0.3 is 20.3 Å². The SMILES string of the molecule is CCCCC/C=C\C/C=C\C/C=C\CCCCCCC(=O)OC(CCCCCCCCCCCC)CC(=O)NC(CO)C(O)CCCCCCCCCCCCCCCC. The largest absolute Gasteiger partial charge is 0.462 e. The molecule has 0 aliphatic heterocycles. The summed E-state index contributed by atoms with van der Waals surface area (Å²) in [7, 11) is 0. The summed E-state index contributed by atoms with van der Waals surface area (Å²) < 4.78 is 5.92. The summed E-state index contributed by atoms with van der Waals surface area (Å²) in [5.74, 6) is -0.490. The predicted octanol–water partition coefficient (Wildman–Crippen LogP) is 15.7. The van der Waals surface area contributed by atoms with E-state index in [1.807, 2.05) is 0 Å². The molecule has 0 aliphatic carbocycles. The van der Waals surface area contributed by atoms with Gasteiger partial charge >= 0.3 is 5.97 Å². The van der Waals surface area contributed by atoms with Gasteiger partial charge in [0.25, 0.3) is 0 Å². The van der Waals surface area contributed by atoms with Crippen molar-refractivity contribution in [3.05, 3.63) is 36.5 Å². The van der Waals surface area contributed by atoms with Crippen LogP contribution in [0.2, 0.25) is 0 Å². The lowest BCUT2D eigenvalue weighted by Gasteiger charge is -2.24. The van der Waals surface area contributed by atoms with Crippen molar-refractivity contribution < 1.29 is 24.5 Å². The predicted molar refractivity (Wildman–Crippen MR) is 259 cm³/mol. The van der Waals surface area contributed by atoms with Crippen LogP contribution in [0, 0.1) is 0 Å². The van der Waals surface area contributed by atoms with Crippen LogP contribution in [0.1, 0.15) is 271 Å². The van der Waals surface area contributed by atoms with Crippen molar-refractivity contribution in [1.29, 1.82) is 0 Å². The fourth-order valence-corrected chi connectivity index (χ4v) is 7.97. The molecule has 1 amide bonds. The zero-order valence-corrected chi connectivity index (χ0v) is 40.1. The zero-order valence-electron chi connectivity index (χ0n) is 40.1. The highest BCUT2D eigenvalue weighted by Gasteiger charge is 2.24.